The summed E-state index contributed by atoms with van der Waals surface area (Å²) in [5, 5.41) is 14.7. The molecule has 9 heteroatoms. The summed E-state index contributed by atoms with van der Waals surface area (Å²) in [6.45, 7) is 1.84. The van der Waals surface area contributed by atoms with E-state index in [0.29, 0.717) is 32.5 Å². The average Bonchev–Trinajstić information content (AvgIpc) is 3.05. The zero-order valence-corrected chi connectivity index (χ0v) is 17.8. The Morgan fingerprint density at radius 3 is 2.64 bits per heavy atom. The highest BCUT2D eigenvalue weighted by atomic mass is 35.5. The first-order chi connectivity index (χ1) is 13.5. The molecule has 3 aromatic rings. The van der Waals surface area contributed by atoms with Crippen molar-refractivity contribution in [2.45, 2.75) is 17.8 Å². The van der Waals surface area contributed by atoms with Crippen molar-refractivity contribution in [1.29, 1.82) is 0 Å². The highest BCUT2D eigenvalue weighted by Crippen LogP contribution is 2.28. The third-order valence-electron chi connectivity index (χ3n) is 3.89. The van der Waals surface area contributed by atoms with Crippen LogP contribution in [0.2, 0.25) is 10.0 Å². The maximum atomic E-state index is 6.25. The molecule has 1 heterocycles. The fourth-order valence-electron chi connectivity index (χ4n) is 2.40. The van der Waals surface area contributed by atoms with Gasteiger partial charge in [0.05, 0.1) is 20.4 Å². The lowest BCUT2D eigenvalue weighted by molar-refractivity contribution is 0.402. The van der Waals surface area contributed by atoms with Crippen molar-refractivity contribution in [1.82, 2.24) is 14.9 Å². The molecule has 0 unspecified atom stereocenters. The zero-order valence-electron chi connectivity index (χ0n) is 15.5. The topological polar surface area (TPSA) is 61.5 Å². The number of ether oxygens (including phenoxy) is 2. The van der Waals surface area contributed by atoms with Gasteiger partial charge in [0.15, 0.2) is 5.82 Å². The molecule has 0 aliphatic heterocycles. The van der Waals surface area contributed by atoms with Gasteiger partial charge in [-0.2, -0.15) is 9.78 Å². The maximum absolute atomic E-state index is 6.25. The number of thioether (sulfide) groups is 1. The molecule has 0 saturated heterocycles. The van der Waals surface area contributed by atoms with E-state index in [1.165, 1.54) is 11.8 Å². The maximum Gasteiger partial charge on any atom is 0.212 e. The average molecular weight is 437 g/mol. The molecule has 0 amide bonds. The lowest BCUT2D eigenvalue weighted by atomic mass is 10.2. The van der Waals surface area contributed by atoms with Crippen molar-refractivity contribution in [2.75, 3.05) is 14.2 Å². The summed E-state index contributed by atoms with van der Waals surface area (Å²) in [4.78, 5) is 0. The molecule has 0 aliphatic carbocycles. The first-order valence-electron chi connectivity index (χ1n) is 8.27. The molecule has 0 fully saturated rings. The van der Waals surface area contributed by atoms with Crippen LogP contribution in [0, 0.1) is 6.92 Å². The number of aromatic nitrogens is 3. The van der Waals surface area contributed by atoms with E-state index < -0.39 is 0 Å². The molecule has 3 rings (SSSR count). The predicted molar refractivity (Wildman–Crippen MR) is 113 cm³/mol. The van der Waals surface area contributed by atoms with Crippen LogP contribution in [0.3, 0.4) is 0 Å². The lowest BCUT2D eigenvalue weighted by Crippen LogP contribution is -1.98. The third kappa shape index (κ3) is 4.79. The van der Waals surface area contributed by atoms with Crippen LogP contribution in [0.5, 0.6) is 11.5 Å². The lowest BCUT2D eigenvalue weighted by Gasteiger charge is -2.07. The van der Waals surface area contributed by atoms with E-state index in [4.69, 9.17) is 32.7 Å². The van der Waals surface area contributed by atoms with Gasteiger partial charge >= 0.3 is 0 Å². The number of aryl methyl sites for hydroxylation is 1. The van der Waals surface area contributed by atoms with Gasteiger partial charge in [-0.25, -0.2) is 0 Å². The second-order valence-electron chi connectivity index (χ2n) is 5.72. The molecular formula is C19H18Cl2N4O2S. The molecule has 0 radical (unpaired) electrons. The van der Waals surface area contributed by atoms with Crippen LogP contribution in [-0.2, 0) is 5.75 Å². The van der Waals surface area contributed by atoms with Gasteiger partial charge in [-0.15, -0.1) is 10.2 Å². The largest absolute Gasteiger partial charge is 0.497 e. The van der Waals surface area contributed by atoms with Crippen LogP contribution < -0.4 is 9.47 Å². The van der Waals surface area contributed by atoms with E-state index in [1.807, 2.05) is 37.3 Å². The second-order valence-corrected chi connectivity index (χ2v) is 7.50. The van der Waals surface area contributed by atoms with E-state index >= 15 is 0 Å². The minimum Gasteiger partial charge on any atom is -0.497 e. The Bertz CT molecular complexity index is 1010. The Balaban J connectivity index is 1.82. The SMILES string of the molecule is COc1ccc(OC)c(/C=N/n2c(C)nnc2SCc2ccc(Cl)cc2Cl)c1. The molecule has 1 aromatic heterocycles. The van der Waals surface area contributed by atoms with E-state index in [-0.39, 0.29) is 0 Å². The van der Waals surface area contributed by atoms with E-state index in [2.05, 4.69) is 15.3 Å². The van der Waals surface area contributed by atoms with Crippen LogP contribution in [0.4, 0.5) is 0 Å². The number of hydrogen-bond donors (Lipinski definition) is 0. The van der Waals surface area contributed by atoms with Crippen molar-refractivity contribution in [3.8, 4) is 11.5 Å². The first-order valence-corrected chi connectivity index (χ1v) is 10.0. The molecular weight excluding hydrogens is 419 g/mol. The number of methoxy groups -OCH3 is 2. The number of nitrogens with zero attached hydrogens (tertiary/aromatic N) is 4. The van der Waals surface area contributed by atoms with Crippen LogP contribution in [-0.4, -0.2) is 35.3 Å². The van der Waals surface area contributed by atoms with Crippen molar-refractivity contribution >= 4 is 41.2 Å². The van der Waals surface area contributed by atoms with Gasteiger partial charge in [-0.3, -0.25) is 0 Å². The molecule has 0 aliphatic rings. The molecule has 0 spiro atoms. The van der Waals surface area contributed by atoms with E-state index in [1.54, 1.807) is 31.2 Å². The standard InChI is InChI=1S/C19H18Cl2N4O2S/c1-12-23-24-19(28-11-13-4-5-15(20)9-17(13)21)25(12)22-10-14-8-16(26-2)6-7-18(14)27-3/h4-10H,11H2,1-3H3/b22-10+. The molecule has 28 heavy (non-hydrogen) atoms. The molecule has 146 valence electrons. The molecule has 6 nitrogen and oxygen atoms in total. The van der Waals surface area contributed by atoms with Crippen molar-refractivity contribution in [2.24, 2.45) is 5.10 Å². The third-order valence-corrected chi connectivity index (χ3v) is 5.44. The Hall–Kier alpha value is -2.22. The van der Waals surface area contributed by atoms with Crippen LogP contribution in [0.15, 0.2) is 46.7 Å². The predicted octanol–water partition coefficient (Wildman–Crippen LogP) is 5.09. The molecule has 2 aromatic carbocycles. The number of halogens is 2. The van der Waals surface area contributed by atoms with Crippen molar-refractivity contribution < 1.29 is 9.47 Å². The molecule has 0 N–H and O–H groups in total. The van der Waals surface area contributed by atoms with Crippen LogP contribution >= 0.6 is 35.0 Å². The summed E-state index contributed by atoms with van der Waals surface area (Å²) >= 11 is 13.7. The van der Waals surface area contributed by atoms with Gasteiger partial charge in [0.25, 0.3) is 0 Å². The van der Waals surface area contributed by atoms with Gasteiger partial charge in [-0.05, 0) is 42.8 Å². The Morgan fingerprint density at radius 2 is 1.93 bits per heavy atom. The quantitative estimate of drug-likeness (QED) is 0.381. The monoisotopic (exact) mass is 436 g/mol. The Morgan fingerprint density at radius 1 is 1.11 bits per heavy atom. The fourth-order valence-corrected chi connectivity index (χ4v) is 3.89. The van der Waals surface area contributed by atoms with Gasteiger partial charge in [-0.1, -0.05) is 41.0 Å². The van der Waals surface area contributed by atoms with Crippen molar-refractivity contribution in [3.63, 3.8) is 0 Å². The molecule has 0 saturated carbocycles. The van der Waals surface area contributed by atoms with Crippen LogP contribution in [0.1, 0.15) is 17.0 Å². The summed E-state index contributed by atoms with van der Waals surface area (Å²) in [6.07, 6.45) is 1.69. The van der Waals surface area contributed by atoms with E-state index in [9.17, 15) is 0 Å². The Labute approximate surface area is 177 Å². The van der Waals surface area contributed by atoms with Gasteiger partial charge < -0.3 is 9.47 Å². The Kier molecular flexibility index (Phi) is 6.83. The molecule has 0 bridgehead atoms. The second kappa shape index (κ2) is 9.32. The highest BCUT2D eigenvalue weighted by molar-refractivity contribution is 7.98. The minimum atomic E-state index is 0.606. The molecule has 0 atom stereocenters. The van der Waals surface area contributed by atoms with Gasteiger partial charge in [0.2, 0.25) is 5.16 Å². The van der Waals surface area contributed by atoms with Gasteiger partial charge in [0, 0.05) is 21.4 Å². The fraction of sp³-hybridized carbons (Fsp3) is 0.211. The summed E-state index contributed by atoms with van der Waals surface area (Å²) in [5.41, 5.74) is 1.74. The minimum absolute atomic E-state index is 0.606. The number of benzene rings is 2. The zero-order chi connectivity index (χ0) is 20.1. The smallest absolute Gasteiger partial charge is 0.212 e. The summed E-state index contributed by atoms with van der Waals surface area (Å²) in [5.74, 6) is 2.70. The van der Waals surface area contributed by atoms with Crippen molar-refractivity contribution in [3.05, 3.63) is 63.4 Å². The van der Waals surface area contributed by atoms with Crippen LogP contribution in [0.25, 0.3) is 0 Å². The normalized spacial score (nSPS) is 11.2. The van der Waals surface area contributed by atoms with Gasteiger partial charge in [0.1, 0.15) is 11.5 Å². The van der Waals surface area contributed by atoms with E-state index in [0.717, 1.165) is 16.9 Å². The first kappa shape index (κ1) is 20.5. The number of hydrogen-bond acceptors (Lipinski definition) is 6. The summed E-state index contributed by atoms with van der Waals surface area (Å²) in [7, 11) is 3.23. The highest BCUT2D eigenvalue weighted by Gasteiger charge is 2.11. The summed E-state index contributed by atoms with van der Waals surface area (Å²) in [6, 6.07) is 10.9. The summed E-state index contributed by atoms with van der Waals surface area (Å²) < 4.78 is 12.3. The number of rotatable bonds is 7.